The average Bonchev–Trinajstić information content (AvgIpc) is 2.48. The number of halogens is 3. The van der Waals surface area contributed by atoms with E-state index in [-0.39, 0.29) is 18.1 Å². The Bertz CT molecular complexity index is 660. The van der Waals surface area contributed by atoms with Crippen molar-refractivity contribution in [2.45, 2.75) is 6.92 Å². The number of hydrogen-bond donors (Lipinski definition) is 0. The Labute approximate surface area is 133 Å². The molecule has 0 saturated carbocycles. The molecule has 5 heteroatoms. The van der Waals surface area contributed by atoms with Gasteiger partial charge in [0.1, 0.15) is 5.82 Å². The molecule has 2 aromatic rings. The molecule has 2 aromatic carbocycles. The van der Waals surface area contributed by atoms with Crippen LogP contribution in [0.3, 0.4) is 0 Å². The largest absolute Gasteiger partial charge is 0.362 e. The van der Waals surface area contributed by atoms with Gasteiger partial charge in [-0.2, -0.15) is 0 Å². The van der Waals surface area contributed by atoms with Gasteiger partial charge in [-0.25, -0.2) is 4.39 Å². The molecule has 0 aromatic heterocycles. The van der Waals surface area contributed by atoms with Gasteiger partial charge in [-0.15, -0.1) is 0 Å². The van der Waals surface area contributed by atoms with Gasteiger partial charge in [0.05, 0.1) is 17.3 Å². The van der Waals surface area contributed by atoms with Crippen LogP contribution in [0.5, 0.6) is 0 Å². The van der Waals surface area contributed by atoms with Crippen molar-refractivity contribution in [1.29, 1.82) is 0 Å². The summed E-state index contributed by atoms with van der Waals surface area (Å²) in [5.41, 5.74) is 0.741. The zero-order valence-corrected chi connectivity index (χ0v) is 13.0. The van der Waals surface area contributed by atoms with Crippen LogP contribution in [0.1, 0.15) is 17.3 Å². The second-order valence-electron chi connectivity index (χ2n) is 4.51. The number of anilines is 1. The molecular weight excluding hydrogens is 312 g/mol. The highest BCUT2D eigenvalue weighted by atomic mass is 35.5. The minimum Gasteiger partial charge on any atom is -0.362 e. The van der Waals surface area contributed by atoms with Crippen molar-refractivity contribution in [3.63, 3.8) is 0 Å². The van der Waals surface area contributed by atoms with E-state index in [1.165, 1.54) is 12.1 Å². The molecule has 0 heterocycles. The number of Topliss-reactive ketones (excluding diaryl/α,β-unsaturated/α-hetero) is 1. The molecule has 2 rings (SSSR count). The van der Waals surface area contributed by atoms with Crippen LogP contribution in [0.2, 0.25) is 10.0 Å². The van der Waals surface area contributed by atoms with E-state index in [0.29, 0.717) is 27.8 Å². The summed E-state index contributed by atoms with van der Waals surface area (Å²) in [6.07, 6.45) is 0. The molecule has 0 aliphatic rings. The van der Waals surface area contributed by atoms with Crippen LogP contribution >= 0.6 is 23.2 Å². The monoisotopic (exact) mass is 325 g/mol. The first-order chi connectivity index (χ1) is 10.0. The zero-order valence-electron chi connectivity index (χ0n) is 11.4. The van der Waals surface area contributed by atoms with Crippen molar-refractivity contribution in [3.8, 4) is 0 Å². The van der Waals surface area contributed by atoms with Gasteiger partial charge < -0.3 is 4.90 Å². The fourth-order valence-corrected chi connectivity index (χ4v) is 2.44. The molecule has 2 nitrogen and oxygen atoms in total. The molecule has 0 atom stereocenters. The SMILES string of the molecule is CCN(CC(=O)c1cc(Cl)ccc1Cl)c1ccccc1F. The van der Waals surface area contributed by atoms with Gasteiger partial charge in [-0.3, -0.25) is 4.79 Å². The van der Waals surface area contributed by atoms with E-state index >= 15 is 0 Å². The lowest BCUT2D eigenvalue weighted by atomic mass is 10.1. The van der Waals surface area contributed by atoms with Crippen molar-refractivity contribution in [1.82, 2.24) is 0 Å². The smallest absolute Gasteiger partial charge is 0.183 e. The minimum absolute atomic E-state index is 0.0392. The first kappa shape index (κ1) is 15.8. The summed E-state index contributed by atoms with van der Waals surface area (Å²) in [5, 5.41) is 0.783. The highest BCUT2D eigenvalue weighted by molar-refractivity contribution is 6.36. The van der Waals surface area contributed by atoms with Crippen molar-refractivity contribution in [2.75, 3.05) is 18.0 Å². The Morgan fingerprint density at radius 1 is 1.19 bits per heavy atom. The molecule has 0 saturated heterocycles. The lowest BCUT2D eigenvalue weighted by Crippen LogP contribution is -2.30. The number of para-hydroxylation sites is 1. The summed E-state index contributed by atoms with van der Waals surface area (Å²) < 4.78 is 13.8. The zero-order chi connectivity index (χ0) is 15.4. The van der Waals surface area contributed by atoms with Gasteiger partial charge in [0.15, 0.2) is 5.78 Å². The first-order valence-corrected chi connectivity index (χ1v) is 7.26. The molecule has 0 spiro atoms. The van der Waals surface area contributed by atoms with Crippen LogP contribution in [-0.2, 0) is 0 Å². The van der Waals surface area contributed by atoms with E-state index < -0.39 is 0 Å². The third-order valence-electron chi connectivity index (χ3n) is 3.14. The van der Waals surface area contributed by atoms with Crippen molar-refractivity contribution in [2.24, 2.45) is 0 Å². The van der Waals surface area contributed by atoms with Crippen LogP contribution in [-0.4, -0.2) is 18.9 Å². The fraction of sp³-hybridized carbons (Fsp3) is 0.188. The topological polar surface area (TPSA) is 20.3 Å². The summed E-state index contributed by atoms with van der Waals surface area (Å²) in [7, 11) is 0. The number of rotatable bonds is 5. The molecule has 0 N–H and O–H groups in total. The number of nitrogens with zero attached hydrogens (tertiary/aromatic N) is 1. The quantitative estimate of drug-likeness (QED) is 0.733. The Morgan fingerprint density at radius 2 is 1.90 bits per heavy atom. The number of carbonyl (C=O) groups is 1. The van der Waals surface area contributed by atoms with E-state index in [1.54, 1.807) is 35.2 Å². The predicted octanol–water partition coefficient (Wildman–Crippen LogP) is 4.84. The number of benzene rings is 2. The number of likely N-dealkylation sites (N-methyl/N-ethyl adjacent to an activating group) is 1. The van der Waals surface area contributed by atoms with Crippen LogP contribution in [0.15, 0.2) is 42.5 Å². The van der Waals surface area contributed by atoms with Crippen LogP contribution in [0, 0.1) is 5.82 Å². The Hall–Kier alpha value is -1.58. The van der Waals surface area contributed by atoms with E-state index in [2.05, 4.69) is 0 Å². The van der Waals surface area contributed by atoms with Crippen LogP contribution in [0.25, 0.3) is 0 Å². The molecule has 0 bridgehead atoms. The highest BCUT2D eigenvalue weighted by Gasteiger charge is 2.17. The lowest BCUT2D eigenvalue weighted by Gasteiger charge is -2.23. The maximum Gasteiger partial charge on any atom is 0.183 e. The van der Waals surface area contributed by atoms with Gasteiger partial charge in [-0.05, 0) is 37.3 Å². The second-order valence-corrected chi connectivity index (χ2v) is 5.36. The van der Waals surface area contributed by atoms with Gasteiger partial charge in [0.25, 0.3) is 0 Å². The van der Waals surface area contributed by atoms with Crippen LogP contribution < -0.4 is 4.90 Å². The van der Waals surface area contributed by atoms with Gasteiger partial charge in [-0.1, -0.05) is 35.3 Å². The summed E-state index contributed by atoms with van der Waals surface area (Å²) in [6.45, 7) is 2.40. The third-order valence-corrected chi connectivity index (χ3v) is 3.70. The first-order valence-electron chi connectivity index (χ1n) is 6.50. The Morgan fingerprint density at radius 3 is 2.57 bits per heavy atom. The maximum absolute atomic E-state index is 13.8. The van der Waals surface area contributed by atoms with Crippen molar-refractivity contribution < 1.29 is 9.18 Å². The molecular formula is C16H14Cl2FNO. The van der Waals surface area contributed by atoms with E-state index in [4.69, 9.17) is 23.2 Å². The Balaban J connectivity index is 2.25. The standard InChI is InChI=1S/C16H14Cl2FNO/c1-2-20(15-6-4-3-5-14(15)19)10-16(21)12-9-11(17)7-8-13(12)18/h3-9H,2,10H2,1H3. The molecule has 0 fully saturated rings. The molecule has 0 aliphatic heterocycles. The molecule has 0 radical (unpaired) electrons. The van der Waals surface area contributed by atoms with Crippen molar-refractivity contribution >= 4 is 34.7 Å². The van der Waals surface area contributed by atoms with Crippen LogP contribution in [0.4, 0.5) is 10.1 Å². The fourth-order valence-electron chi connectivity index (χ4n) is 2.05. The average molecular weight is 326 g/mol. The Kier molecular flexibility index (Phi) is 5.21. The third kappa shape index (κ3) is 3.74. The number of carbonyl (C=O) groups excluding carboxylic acids is 1. The van der Waals surface area contributed by atoms with Crippen molar-refractivity contribution in [3.05, 3.63) is 63.9 Å². The van der Waals surface area contributed by atoms with Gasteiger partial charge >= 0.3 is 0 Å². The molecule has 110 valence electrons. The summed E-state index contributed by atoms with van der Waals surface area (Å²) in [5.74, 6) is -0.558. The molecule has 0 amide bonds. The second kappa shape index (κ2) is 6.92. The predicted molar refractivity (Wildman–Crippen MR) is 85.1 cm³/mol. The van der Waals surface area contributed by atoms with Gasteiger partial charge in [0, 0.05) is 17.1 Å². The summed E-state index contributed by atoms with van der Waals surface area (Å²) in [4.78, 5) is 14.0. The number of ketones is 1. The molecule has 21 heavy (non-hydrogen) atoms. The minimum atomic E-state index is -0.357. The maximum atomic E-state index is 13.8. The molecule has 0 aliphatic carbocycles. The summed E-state index contributed by atoms with van der Waals surface area (Å²) >= 11 is 11.9. The normalized spacial score (nSPS) is 10.5. The van der Waals surface area contributed by atoms with E-state index in [1.807, 2.05) is 6.92 Å². The lowest BCUT2D eigenvalue weighted by molar-refractivity contribution is 0.0999. The summed E-state index contributed by atoms with van der Waals surface area (Å²) in [6, 6.07) is 11.1. The van der Waals surface area contributed by atoms with Gasteiger partial charge in [0.2, 0.25) is 0 Å². The van der Waals surface area contributed by atoms with E-state index in [9.17, 15) is 9.18 Å². The molecule has 0 unspecified atom stereocenters. The van der Waals surface area contributed by atoms with E-state index in [0.717, 1.165) is 0 Å². The highest BCUT2D eigenvalue weighted by Crippen LogP contribution is 2.23. The number of hydrogen-bond acceptors (Lipinski definition) is 2.